The first kappa shape index (κ1) is 23.1. The number of hydrogen-bond donors (Lipinski definition) is 1. The number of para-hydroxylation sites is 1. The van der Waals surface area contributed by atoms with E-state index in [1.54, 1.807) is 34.6 Å². The third kappa shape index (κ3) is 5.19. The maximum atomic E-state index is 13.2. The summed E-state index contributed by atoms with van der Waals surface area (Å²) in [7, 11) is -0.556. The lowest BCUT2D eigenvalue weighted by Gasteiger charge is -2.34. The molecular weight excluding hydrogens is 416 g/mol. The molecule has 0 saturated carbocycles. The lowest BCUT2D eigenvalue weighted by molar-refractivity contribution is 0.0946. The second-order valence-electron chi connectivity index (χ2n) is 7.66. The summed E-state index contributed by atoms with van der Waals surface area (Å²) in [6, 6.07) is 11.9. The number of methoxy groups -OCH3 is 2. The van der Waals surface area contributed by atoms with Crippen molar-refractivity contribution in [3.63, 3.8) is 0 Å². The van der Waals surface area contributed by atoms with Gasteiger partial charge in [0, 0.05) is 19.1 Å². The van der Waals surface area contributed by atoms with Crippen LogP contribution in [-0.4, -0.2) is 52.0 Å². The molecule has 31 heavy (non-hydrogen) atoms. The molecule has 168 valence electrons. The number of hydrogen-bond acceptors (Lipinski definition) is 5. The molecule has 2 aromatic rings. The van der Waals surface area contributed by atoms with Crippen LogP contribution in [0.4, 0.5) is 0 Å². The quantitative estimate of drug-likeness (QED) is 0.672. The van der Waals surface area contributed by atoms with Crippen molar-refractivity contribution in [3.8, 4) is 11.5 Å². The Balaban J connectivity index is 1.68. The van der Waals surface area contributed by atoms with E-state index < -0.39 is 10.0 Å². The normalized spacial score (nSPS) is 17.2. The van der Waals surface area contributed by atoms with E-state index in [4.69, 9.17) is 9.47 Å². The van der Waals surface area contributed by atoms with Crippen molar-refractivity contribution in [2.45, 2.75) is 43.5 Å². The van der Waals surface area contributed by atoms with Crippen molar-refractivity contribution in [2.75, 3.05) is 27.3 Å². The minimum atomic E-state index is -3.57. The first-order valence-corrected chi connectivity index (χ1v) is 11.9. The van der Waals surface area contributed by atoms with Crippen molar-refractivity contribution in [1.29, 1.82) is 0 Å². The van der Waals surface area contributed by atoms with Gasteiger partial charge in [-0.1, -0.05) is 30.2 Å². The predicted molar refractivity (Wildman–Crippen MR) is 119 cm³/mol. The Morgan fingerprint density at radius 1 is 1.10 bits per heavy atom. The van der Waals surface area contributed by atoms with Crippen LogP contribution in [0.25, 0.3) is 0 Å². The molecule has 1 N–H and O–H groups in total. The topological polar surface area (TPSA) is 84.9 Å². The SMILES string of the molecule is COc1cccc(C(=O)NCCC2CCCCN2S(=O)(=O)c2ccc(C)cc2)c1OC. The first-order chi connectivity index (χ1) is 14.9. The molecule has 2 aromatic carbocycles. The molecule has 0 radical (unpaired) electrons. The average molecular weight is 447 g/mol. The maximum Gasteiger partial charge on any atom is 0.255 e. The average Bonchev–Trinajstić information content (AvgIpc) is 2.78. The summed E-state index contributed by atoms with van der Waals surface area (Å²) in [6.07, 6.45) is 3.14. The van der Waals surface area contributed by atoms with Gasteiger partial charge in [0.1, 0.15) is 0 Å². The molecule has 0 aromatic heterocycles. The van der Waals surface area contributed by atoms with Crippen LogP contribution < -0.4 is 14.8 Å². The summed E-state index contributed by atoms with van der Waals surface area (Å²) < 4.78 is 38.6. The summed E-state index contributed by atoms with van der Waals surface area (Å²) in [5.41, 5.74) is 1.40. The van der Waals surface area contributed by atoms with E-state index in [-0.39, 0.29) is 11.9 Å². The Kier molecular flexibility index (Phi) is 7.56. The van der Waals surface area contributed by atoms with Crippen molar-refractivity contribution in [1.82, 2.24) is 9.62 Å². The summed E-state index contributed by atoms with van der Waals surface area (Å²) >= 11 is 0. The molecule has 1 aliphatic heterocycles. The van der Waals surface area contributed by atoms with Gasteiger partial charge in [-0.25, -0.2) is 8.42 Å². The fourth-order valence-corrected chi connectivity index (χ4v) is 5.66. The Labute approximate surface area is 184 Å². The number of rotatable bonds is 8. The number of sulfonamides is 1. The zero-order valence-corrected chi connectivity index (χ0v) is 19.1. The molecule has 3 rings (SSSR count). The number of amides is 1. The fourth-order valence-electron chi connectivity index (χ4n) is 3.94. The number of piperidine rings is 1. The molecule has 1 atom stereocenters. The molecule has 1 heterocycles. The van der Waals surface area contributed by atoms with E-state index in [0.717, 1.165) is 24.8 Å². The molecule has 1 saturated heterocycles. The van der Waals surface area contributed by atoms with Gasteiger partial charge >= 0.3 is 0 Å². The number of benzene rings is 2. The molecule has 1 amide bonds. The highest BCUT2D eigenvalue weighted by atomic mass is 32.2. The largest absolute Gasteiger partial charge is 0.493 e. The van der Waals surface area contributed by atoms with Crippen molar-refractivity contribution >= 4 is 15.9 Å². The third-order valence-corrected chi connectivity index (χ3v) is 7.58. The minimum Gasteiger partial charge on any atom is -0.493 e. The highest BCUT2D eigenvalue weighted by molar-refractivity contribution is 7.89. The Hall–Kier alpha value is -2.58. The van der Waals surface area contributed by atoms with Crippen molar-refractivity contribution < 1.29 is 22.7 Å². The minimum absolute atomic E-state index is 0.146. The Morgan fingerprint density at radius 3 is 2.52 bits per heavy atom. The van der Waals surface area contributed by atoms with E-state index in [9.17, 15) is 13.2 Å². The zero-order valence-electron chi connectivity index (χ0n) is 18.3. The van der Waals surface area contributed by atoms with Gasteiger partial charge in [-0.05, 0) is 50.5 Å². The number of nitrogens with one attached hydrogen (secondary N) is 1. The molecule has 0 aliphatic carbocycles. The van der Waals surface area contributed by atoms with Gasteiger partial charge in [0.2, 0.25) is 10.0 Å². The summed E-state index contributed by atoms with van der Waals surface area (Å²) in [5, 5.41) is 2.90. The van der Waals surface area contributed by atoms with E-state index in [1.165, 1.54) is 14.2 Å². The molecule has 1 aliphatic rings. The standard InChI is InChI=1S/C23H30N2O5S/c1-17-10-12-19(13-11-17)31(27,28)25-16-5-4-7-18(25)14-15-24-23(26)20-8-6-9-21(29-2)22(20)30-3/h6,8-13,18H,4-5,7,14-16H2,1-3H3,(H,24,26). The van der Waals surface area contributed by atoms with E-state index in [2.05, 4.69) is 5.32 Å². The molecule has 8 heteroatoms. The molecular formula is C23H30N2O5S. The number of aryl methyl sites for hydroxylation is 1. The van der Waals surface area contributed by atoms with Crippen LogP contribution in [-0.2, 0) is 10.0 Å². The van der Waals surface area contributed by atoms with Crippen LogP contribution in [0.2, 0.25) is 0 Å². The maximum absolute atomic E-state index is 13.2. The van der Waals surface area contributed by atoms with Gasteiger partial charge in [-0.3, -0.25) is 4.79 Å². The van der Waals surface area contributed by atoms with Crippen molar-refractivity contribution in [2.24, 2.45) is 0 Å². The number of carbonyl (C=O) groups is 1. The van der Waals surface area contributed by atoms with Crippen LogP contribution in [0.1, 0.15) is 41.6 Å². The summed E-state index contributed by atoms with van der Waals surface area (Å²) in [4.78, 5) is 13.0. The second kappa shape index (κ2) is 10.2. The second-order valence-corrected chi connectivity index (χ2v) is 9.55. The third-order valence-electron chi connectivity index (χ3n) is 5.61. The van der Waals surface area contributed by atoms with Crippen LogP contribution >= 0.6 is 0 Å². The van der Waals surface area contributed by atoms with Crippen LogP contribution in [0.5, 0.6) is 11.5 Å². The number of carbonyl (C=O) groups excluding carboxylic acids is 1. The van der Waals surface area contributed by atoms with Gasteiger partial charge in [-0.15, -0.1) is 0 Å². The van der Waals surface area contributed by atoms with Gasteiger partial charge in [0.15, 0.2) is 11.5 Å². The van der Waals surface area contributed by atoms with Crippen LogP contribution in [0, 0.1) is 6.92 Å². The fraction of sp³-hybridized carbons (Fsp3) is 0.435. The van der Waals surface area contributed by atoms with Crippen molar-refractivity contribution in [3.05, 3.63) is 53.6 Å². The highest BCUT2D eigenvalue weighted by Crippen LogP contribution is 2.31. The predicted octanol–water partition coefficient (Wildman–Crippen LogP) is 3.38. The zero-order chi connectivity index (χ0) is 22.4. The van der Waals surface area contributed by atoms with Crippen LogP contribution in [0.15, 0.2) is 47.4 Å². The summed E-state index contributed by atoms with van der Waals surface area (Å²) in [5.74, 6) is 0.584. The van der Waals surface area contributed by atoms with Gasteiger partial charge in [0.25, 0.3) is 5.91 Å². The number of nitrogens with zero attached hydrogens (tertiary/aromatic N) is 1. The molecule has 7 nitrogen and oxygen atoms in total. The molecule has 0 spiro atoms. The first-order valence-electron chi connectivity index (χ1n) is 10.5. The monoisotopic (exact) mass is 446 g/mol. The summed E-state index contributed by atoms with van der Waals surface area (Å²) in [6.45, 7) is 2.79. The van der Waals surface area contributed by atoms with Crippen LogP contribution in [0.3, 0.4) is 0 Å². The lowest BCUT2D eigenvalue weighted by atomic mass is 10.0. The highest BCUT2D eigenvalue weighted by Gasteiger charge is 2.33. The van der Waals surface area contributed by atoms with E-state index in [0.29, 0.717) is 41.5 Å². The number of ether oxygens (including phenoxy) is 2. The smallest absolute Gasteiger partial charge is 0.255 e. The van der Waals surface area contributed by atoms with Gasteiger partial charge in [-0.2, -0.15) is 4.31 Å². The van der Waals surface area contributed by atoms with E-state index in [1.807, 2.05) is 19.1 Å². The molecule has 1 unspecified atom stereocenters. The lowest BCUT2D eigenvalue weighted by Crippen LogP contribution is -2.45. The van der Waals surface area contributed by atoms with Gasteiger partial charge in [0.05, 0.1) is 24.7 Å². The Morgan fingerprint density at radius 2 is 1.84 bits per heavy atom. The molecule has 1 fully saturated rings. The Bertz CT molecular complexity index is 1010. The van der Waals surface area contributed by atoms with Gasteiger partial charge < -0.3 is 14.8 Å². The molecule has 0 bridgehead atoms. The van der Waals surface area contributed by atoms with E-state index >= 15 is 0 Å².